The Balaban J connectivity index is 2.41. The van der Waals surface area contributed by atoms with E-state index in [0.717, 1.165) is 17.0 Å². The van der Waals surface area contributed by atoms with Gasteiger partial charge in [-0.3, -0.25) is 0 Å². The van der Waals surface area contributed by atoms with E-state index in [-0.39, 0.29) is 0 Å². The van der Waals surface area contributed by atoms with Crippen molar-refractivity contribution in [2.45, 2.75) is 40.2 Å². The Morgan fingerprint density at radius 3 is 2.57 bits per heavy atom. The zero-order valence-corrected chi connectivity index (χ0v) is 13.6. The zero-order valence-electron chi connectivity index (χ0n) is 13.6. The molecule has 21 heavy (non-hydrogen) atoms. The first-order valence-corrected chi connectivity index (χ1v) is 7.26. The van der Waals surface area contributed by atoms with Gasteiger partial charge in [0.2, 0.25) is 0 Å². The summed E-state index contributed by atoms with van der Waals surface area (Å²) in [4.78, 5) is 11.5. The van der Waals surface area contributed by atoms with Crippen molar-refractivity contribution in [2.75, 3.05) is 25.0 Å². The van der Waals surface area contributed by atoms with E-state index >= 15 is 0 Å². The van der Waals surface area contributed by atoms with Crippen molar-refractivity contribution in [3.05, 3.63) is 23.8 Å². The molecule has 0 bridgehead atoms. The molecule has 5 heteroatoms. The summed E-state index contributed by atoms with van der Waals surface area (Å²) >= 11 is 0. The lowest BCUT2D eigenvalue weighted by atomic mass is 10.2. The normalized spacial score (nSPS) is 10.9. The minimum Gasteiger partial charge on any atom is -0.492 e. The predicted molar refractivity (Wildman–Crippen MR) is 85.1 cm³/mol. The molecule has 0 saturated heterocycles. The monoisotopic (exact) mass is 294 g/mol. The van der Waals surface area contributed by atoms with Crippen LogP contribution in [0.2, 0.25) is 0 Å². The highest BCUT2D eigenvalue weighted by Crippen LogP contribution is 2.25. The van der Waals surface area contributed by atoms with Crippen LogP contribution in [0.4, 0.5) is 10.5 Å². The van der Waals surface area contributed by atoms with Crippen molar-refractivity contribution in [3.63, 3.8) is 0 Å². The molecule has 0 aliphatic rings. The lowest BCUT2D eigenvalue weighted by Gasteiger charge is -2.20. The van der Waals surface area contributed by atoms with Crippen molar-refractivity contribution < 1.29 is 14.3 Å². The van der Waals surface area contributed by atoms with Crippen molar-refractivity contribution in [1.82, 2.24) is 5.32 Å². The van der Waals surface area contributed by atoms with Gasteiger partial charge in [-0.15, -0.1) is 0 Å². The number of carbonyl (C=O) groups is 1. The van der Waals surface area contributed by atoms with E-state index in [4.69, 9.17) is 9.47 Å². The number of hydrogen-bond acceptors (Lipinski definition) is 4. The van der Waals surface area contributed by atoms with Crippen LogP contribution in [0.25, 0.3) is 0 Å². The molecule has 0 heterocycles. The lowest BCUT2D eigenvalue weighted by molar-refractivity contribution is 0.0530. The van der Waals surface area contributed by atoms with Gasteiger partial charge in [0.05, 0.1) is 12.3 Å². The third kappa shape index (κ3) is 6.88. The molecule has 0 radical (unpaired) electrons. The highest BCUT2D eigenvalue weighted by Gasteiger charge is 2.15. The Morgan fingerprint density at radius 2 is 1.95 bits per heavy atom. The van der Waals surface area contributed by atoms with Gasteiger partial charge < -0.3 is 20.1 Å². The molecule has 0 saturated carbocycles. The van der Waals surface area contributed by atoms with Gasteiger partial charge in [-0.1, -0.05) is 6.07 Å². The van der Waals surface area contributed by atoms with Crippen LogP contribution in [0.3, 0.4) is 0 Å². The van der Waals surface area contributed by atoms with E-state index in [1.165, 1.54) is 0 Å². The fraction of sp³-hybridized carbons (Fsp3) is 0.562. The second kappa shape index (κ2) is 7.76. The molecule has 0 unspecified atom stereocenters. The average molecular weight is 294 g/mol. The van der Waals surface area contributed by atoms with E-state index in [2.05, 4.69) is 10.6 Å². The SMILES string of the molecule is CCOc1cc(C)ccc1NCCNC(=O)OC(C)(C)C. The number of benzene rings is 1. The van der Waals surface area contributed by atoms with Crippen LogP contribution in [-0.2, 0) is 4.74 Å². The summed E-state index contributed by atoms with van der Waals surface area (Å²) < 4.78 is 10.8. The molecular formula is C16H26N2O3. The number of hydrogen-bond donors (Lipinski definition) is 2. The van der Waals surface area contributed by atoms with E-state index < -0.39 is 11.7 Å². The summed E-state index contributed by atoms with van der Waals surface area (Å²) in [5.41, 5.74) is 1.60. The molecule has 118 valence electrons. The molecule has 1 aromatic rings. The summed E-state index contributed by atoms with van der Waals surface area (Å²) in [5, 5.41) is 5.96. The van der Waals surface area contributed by atoms with Crippen LogP contribution in [0, 0.1) is 6.92 Å². The molecular weight excluding hydrogens is 268 g/mol. The second-order valence-corrected chi connectivity index (χ2v) is 5.79. The second-order valence-electron chi connectivity index (χ2n) is 5.79. The number of rotatable bonds is 6. The third-order valence-corrected chi connectivity index (χ3v) is 2.55. The zero-order chi connectivity index (χ0) is 15.9. The Hall–Kier alpha value is -1.91. The molecule has 1 aromatic carbocycles. The highest BCUT2D eigenvalue weighted by atomic mass is 16.6. The van der Waals surface area contributed by atoms with Crippen molar-refractivity contribution in [2.24, 2.45) is 0 Å². The van der Waals surface area contributed by atoms with E-state index in [1.54, 1.807) is 0 Å². The van der Waals surface area contributed by atoms with Crippen LogP contribution in [0.5, 0.6) is 5.75 Å². The van der Waals surface area contributed by atoms with Crippen LogP contribution in [-0.4, -0.2) is 31.4 Å². The number of carbonyl (C=O) groups excluding carboxylic acids is 1. The molecule has 1 amide bonds. The average Bonchev–Trinajstić information content (AvgIpc) is 2.35. The maximum absolute atomic E-state index is 11.5. The molecule has 0 atom stereocenters. The van der Waals surface area contributed by atoms with Crippen LogP contribution in [0.1, 0.15) is 33.3 Å². The van der Waals surface area contributed by atoms with Gasteiger partial charge in [-0.25, -0.2) is 4.79 Å². The van der Waals surface area contributed by atoms with E-state index in [9.17, 15) is 4.79 Å². The van der Waals surface area contributed by atoms with Crippen molar-refractivity contribution in [3.8, 4) is 5.75 Å². The molecule has 0 fully saturated rings. The standard InChI is InChI=1S/C16H26N2O3/c1-6-20-14-11-12(2)7-8-13(14)17-9-10-18-15(19)21-16(3,4)5/h7-8,11,17H,6,9-10H2,1-5H3,(H,18,19). The topological polar surface area (TPSA) is 59.6 Å². The fourth-order valence-electron chi connectivity index (χ4n) is 1.73. The number of aryl methyl sites for hydroxylation is 1. The van der Waals surface area contributed by atoms with Crippen LogP contribution in [0.15, 0.2) is 18.2 Å². The van der Waals surface area contributed by atoms with Crippen LogP contribution < -0.4 is 15.4 Å². The smallest absolute Gasteiger partial charge is 0.407 e. The summed E-state index contributed by atoms with van der Waals surface area (Å²) in [6.45, 7) is 11.2. The number of nitrogens with one attached hydrogen (secondary N) is 2. The first-order valence-electron chi connectivity index (χ1n) is 7.26. The molecule has 0 spiro atoms. The Bertz CT molecular complexity index is 467. The predicted octanol–water partition coefficient (Wildman–Crippen LogP) is 3.33. The first kappa shape index (κ1) is 17.1. The molecule has 0 aliphatic heterocycles. The van der Waals surface area contributed by atoms with E-state index in [0.29, 0.717) is 19.7 Å². The molecule has 5 nitrogen and oxygen atoms in total. The maximum Gasteiger partial charge on any atom is 0.407 e. The first-order chi connectivity index (χ1) is 9.81. The van der Waals surface area contributed by atoms with Gasteiger partial charge in [-0.2, -0.15) is 0 Å². The number of ether oxygens (including phenoxy) is 2. The van der Waals surface area contributed by atoms with Crippen LogP contribution >= 0.6 is 0 Å². The molecule has 2 N–H and O–H groups in total. The van der Waals surface area contributed by atoms with Gasteiger partial charge in [0.15, 0.2) is 0 Å². The van der Waals surface area contributed by atoms with Gasteiger partial charge in [0, 0.05) is 13.1 Å². The number of alkyl carbamates (subject to hydrolysis) is 1. The number of amides is 1. The summed E-state index contributed by atoms with van der Waals surface area (Å²) in [6, 6.07) is 5.99. The molecule has 1 rings (SSSR count). The minimum atomic E-state index is -0.476. The van der Waals surface area contributed by atoms with Gasteiger partial charge in [-0.05, 0) is 52.3 Å². The maximum atomic E-state index is 11.5. The summed E-state index contributed by atoms with van der Waals surface area (Å²) in [7, 11) is 0. The number of anilines is 1. The van der Waals surface area contributed by atoms with Gasteiger partial charge in [0.1, 0.15) is 11.4 Å². The Morgan fingerprint density at radius 1 is 1.24 bits per heavy atom. The van der Waals surface area contributed by atoms with Crippen molar-refractivity contribution >= 4 is 11.8 Å². The molecule has 0 aliphatic carbocycles. The molecule has 0 aromatic heterocycles. The van der Waals surface area contributed by atoms with E-state index in [1.807, 2.05) is 52.8 Å². The van der Waals surface area contributed by atoms with Crippen molar-refractivity contribution in [1.29, 1.82) is 0 Å². The minimum absolute atomic E-state index is 0.404. The highest BCUT2D eigenvalue weighted by molar-refractivity contribution is 5.67. The summed E-state index contributed by atoms with van der Waals surface area (Å²) in [6.07, 6.45) is -0.404. The third-order valence-electron chi connectivity index (χ3n) is 2.55. The lowest BCUT2D eigenvalue weighted by Crippen LogP contribution is -2.35. The fourth-order valence-corrected chi connectivity index (χ4v) is 1.73. The summed E-state index contributed by atoms with van der Waals surface area (Å²) in [5.74, 6) is 0.828. The quantitative estimate of drug-likeness (QED) is 0.790. The van der Waals surface area contributed by atoms with Gasteiger partial charge in [0.25, 0.3) is 0 Å². The largest absolute Gasteiger partial charge is 0.492 e. The Labute approximate surface area is 127 Å². The Kier molecular flexibility index (Phi) is 6.34. The van der Waals surface area contributed by atoms with Gasteiger partial charge >= 0.3 is 6.09 Å².